The van der Waals surface area contributed by atoms with Crippen molar-refractivity contribution in [1.29, 1.82) is 0 Å². The molecule has 7 heteroatoms. The van der Waals surface area contributed by atoms with Crippen LogP contribution in [0.1, 0.15) is 18.1 Å². The van der Waals surface area contributed by atoms with E-state index in [9.17, 15) is 10.1 Å². The van der Waals surface area contributed by atoms with Crippen LogP contribution < -0.4 is 0 Å². The highest BCUT2D eigenvalue weighted by atomic mass is 16.6. The van der Waals surface area contributed by atoms with Crippen LogP contribution in [0.5, 0.6) is 0 Å². The summed E-state index contributed by atoms with van der Waals surface area (Å²) in [6.45, 7) is 1.88. The molecule has 1 aromatic heterocycles. The number of nitrogens with zero attached hydrogens (tertiary/aromatic N) is 5. The van der Waals surface area contributed by atoms with Gasteiger partial charge in [0.05, 0.1) is 11.1 Å². The Balaban J connectivity index is 2.30. The third-order valence-electron chi connectivity index (χ3n) is 2.43. The first kappa shape index (κ1) is 11.9. The molecule has 0 amide bonds. The van der Waals surface area contributed by atoms with Gasteiger partial charge in [0.1, 0.15) is 12.7 Å². The van der Waals surface area contributed by atoms with Crippen LogP contribution in [-0.2, 0) is 6.42 Å². The highest BCUT2D eigenvalue weighted by molar-refractivity contribution is 5.81. The number of benzene rings is 1. The second kappa shape index (κ2) is 5.17. The molecule has 0 bridgehead atoms. The van der Waals surface area contributed by atoms with E-state index in [2.05, 4.69) is 15.3 Å². The molecule has 0 N–H and O–H groups in total. The van der Waals surface area contributed by atoms with Gasteiger partial charge in [0.25, 0.3) is 5.69 Å². The summed E-state index contributed by atoms with van der Waals surface area (Å²) in [5.74, 6) is 0. The van der Waals surface area contributed by atoms with E-state index in [1.165, 1.54) is 29.6 Å². The van der Waals surface area contributed by atoms with Crippen molar-refractivity contribution < 1.29 is 4.92 Å². The van der Waals surface area contributed by atoms with E-state index >= 15 is 0 Å². The zero-order chi connectivity index (χ0) is 13.0. The standard InChI is InChI=1S/C11H11N5O2/c1-2-10-4-3-9(5-11(10)16(17)18)6-14-15-7-12-13-8-15/h3-8H,2H2,1H3/b14-6-. The first-order chi connectivity index (χ1) is 8.70. The van der Waals surface area contributed by atoms with E-state index in [1.54, 1.807) is 12.1 Å². The Hall–Kier alpha value is -2.57. The van der Waals surface area contributed by atoms with Crippen molar-refractivity contribution >= 4 is 11.9 Å². The minimum atomic E-state index is -0.380. The summed E-state index contributed by atoms with van der Waals surface area (Å²) in [5, 5.41) is 22.1. The van der Waals surface area contributed by atoms with Crippen molar-refractivity contribution in [3.8, 4) is 0 Å². The van der Waals surface area contributed by atoms with Gasteiger partial charge in [-0.25, -0.2) is 4.68 Å². The Morgan fingerprint density at radius 3 is 2.78 bits per heavy atom. The molecule has 2 aromatic rings. The second-order valence-electron chi connectivity index (χ2n) is 3.59. The van der Waals surface area contributed by atoms with Crippen LogP contribution in [0, 0.1) is 10.1 Å². The molecule has 2 rings (SSSR count). The van der Waals surface area contributed by atoms with Crippen molar-refractivity contribution in [3.05, 3.63) is 52.1 Å². The minimum Gasteiger partial charge on any atom is -0.258 e. The number of aromatic nitrogens is 3. The fourth-order valence-electron chi connectivity index (χ4n) is 1.52. The molecular weight excluding hydrogens is 234 g/mol. The van der Waals surface area contributed by atoms with Gasteiger partial charge >= 0.3 is 0 Å². The lowest BCUT2D eigenvalue weighted by atomic mass is 10.1. The van der Waals surface area contributed by atoms with E-state index < -0.39 is 0 Å². The molecule has 0 saturated heterocycles. The molecule has 0 saturated carbocycles. The van der Waals surface area contributed by atoms with Gasteiger partial charge in [-0.3, -0.25) is 10.1 Å². The summed E-state index contributed by atoms with van der Waals surface area (Å²) in [6.07, 6.45) is 5.02. The summed E-state index contributed by atoms with van der Waals surface area (Å²) < 4.78 is 1.42. The quantitative estimate of drug-likeness (QED) is 0.465. The minimum absolute atomic E-state index is 0.116. The molecular formula is C11H11N5O2. The van der Waals surface area contributed by atoms with Crippen molar-refractivity contribution in [2.24, 2.45) is 5.10 Å². The normalized spacial score (nSPS) is 10.9. The third-order valence-corrected chi connectivity index (χ3v) is 2.43. The molecule has 0 aliphatic rings. The highest BCUT2D eigenvalue weighted by Crippen LogP contribution is 2.20. The van der Waals surface area contributed by atoms with E-state index in [-0.39, 0.29) is 10.6 Å². The van der Waals surface area contributed by atoms with Gasteiger partial charge in [0.2, 0.25) is 0 Å². The van der Waals surface area contributed by atoms with Crippen LogP contribution in [-0.4, -0.2) is 26.0 Å². The average Bonchev–Trinajstić information content (AvgIpc) is 2.89. The third kappa shape index (κ3) is 2.57. The summed E-state index contributed by atoms with van der Waals surface area (Å²) in [7, 11) is 0. The number of hydrogen-bond donors (Lipinski definition) is 0. The van der Waals surface area contributed by atoms with Gasteiger partial charge in [-0.05, 0) is 6.42 Å². The lowest BCUT2D eigenvalue weighted by Gasteiger charge is -2.00. The molecule has 92 valence electrons. The molecule has 18 heavy (non-hydrogen) atoms. The fourth-order valence-corrected chi connectivity index (χ4v) is 1.52. The maximum atomic E-state index is 10.9. The summed E-state index contributed by atoms with van der Waals surface area (Å²) in [4.78, 5) is 10.5. The number of nitro groups is 1. The maximum Gasteiger partial charge on any atom is 0.273 e. The number of nitro benzene ring substituents is 1. The Bertz CT molecular complexity index is 577. The van der Waals surface area contributed by atoms with Crippen LogP contribution in [0.2, 0.25) is 0 Å². The van der Waals surface area contributed by atoms with Crippen molar-refractivity contribution in [2.75, 3.05) is 0 Å². The van der Waals surface area contributed by atoms with E-state index in [0.717, 1.165) is 0 Å². The summed E-state index contributed by atoms with van der Waals surface area (Å²) >= 11 is 0. The predicted octanol–water partition coefficient (Wildman–Crippen LogP) is 1.63. The van der Waals surface area contributed by atoms with Gasteiger partial charge in [0.15, 0.2) is 0 Å². The Morgan fingerprint density at radius 1 is 1.44 bits per heavy atom. The average molecular weight is 245 g/mol. The summed E-state index contributed by atoms with van der Waals surface area (Å²) in [5.41, 5.74) is 1.49. The van der Waals surface area contributed by atoms with Gasteiger partial charge in [-0.1, -0.05) is 19.1 Å². The second-order valence-corrected chi connectivity index (χ2v) is 3.59. The lowest BCUT2D eigenvalue weighted by Crippen LogP contribution is -1.96. The zero-order valence-corrected chi connectivity index (χ0v) is 9.72. The Labute approximate surface area is 103 Å². The van der Waals surface area contributed by atoms with E-state index in [4.69, 9.17) is 0 Å². The van der Waals surface area contributed by atoms with Crippen molar-refractivity contribution in [3.63, 3.8) is 0 Å². The fraction of sp³-hybridized carbons (Fsp3) is 0.182. The van der Waals surface area contributed by atoms with Crippen LogP contribution in [0.25, 0.3) is 0 Å². The molecule has 7 nitrogen and oxygen atoms in total. The first-order valence-electron chi connectivity index (χ1n) is 5.37. The highest BCUT2D eigenvalue weighted by Gasteiger charge is 2.12. The van der Waals surface area contributed by atoms with Gasteiger partial charge in [-0.15, -0.1) is 10.2 Å². The molecule has 0 atom stereocenters. The van der Waals surface area contributed by atoms with Crippen molar-refractivity contribution in [2.45, 2.75) is 13.3 Å². The van der Waals surface area contributed by atoms with E-state index in [0.29, 0.717) is 17.5 Å². The van der Waals surface area contributed by atoms with Crippen LogP contribution >= 0.6 is 0 Å². The molecule has 0 unspecified atom stereocenters. The molecule has 0 spiro atoms. The predicted molar refractivity (Wildman–Crippen MR) is 65.5 cm³/mol. The van der Waals surface area contributed by atoms with E-state index in [1.807, 2.05) is 6.92 Å². The molecule has 0 radical (unpaired) electrons. The Morgan fingerprint density at radius 2 is 2.17 bits per heavy atom. The monoisotopic (exact) mass is 245 g/mol. The van der Waals surface area contributed by atoms with Gasteiger partial charge in [0, 0.05) is 17.2 Å². The zero-order valence-electron chi connectivity index (χ0n) is 9.72. The van der Waals surface area contributed by atoms with Crippen LogP contribution in [0.15, 0.2) is 36.0 Å². The van der Waals surface area contributed by atoms with Crippen LogP contribution in [0.4, 0.5) is 5.69 Å². The van der Waals surface area contributed by atoms with Gasteiger partial charge in [-0.2, -0.15) is 5.10 Å². The molecule has 0 aliphatic carbocycles. The molecule has 1 heterocycles. The smallest absolute Gasteiger partial charge is 0.258 e. The summed E-state index contributed by atoms with van der Waals surface area (Å²) in [6, 6.07) is 5.04. The maximum absolute atomic E-state index is 10.9. The Kier molecular flexibility index (Phi) is 3.42. The first-order valence-corrected chi connectivity index (χ1v) is 5.37. The number of aryl methyl sites for hydroxylation is 1. The molecule has 0 fully saturated rings. The molecule has 1 aromatic carbocycles. The van der Waals surface area contributed by atoms with Gasteiger partial charge < -0.3 is 0 Å². The van der Waals surface area contributed by atoms with Crippen molar-refractivity contribution in [1.82, 2.24) is 14.9 Å². The number of hydrogen-bond acceptors (Lipinski definition) is 5. The number of rotatable bonds is 4. The van der Waals surface area contributed by atoms with Crippen LogP contribution in [0.3, 0.4) is 0 Å². The largest absolute Gasteiger partial charge is 0.273 e. The lowest BCUT2D eigenvalue weighted by molar-refractivity contribution is -0.385. The SMILES string of the molecule is CCc1ccc(/C=N\n2cnnc2)cc1[N+](=O)[O-]. The molecule has 0 aliphatic heterocycles. The topological polar surface area (TPSA) is 86.2 Å².